The van der Waals surface area contributed by atoms with Crippen molar-refractivity contribution in [2.45, 2.75) is 25.8 Å². The van der Waals surface area contributed by atoms with Crippen LogP contribution in [0.1, 0.15) is 30.6 Å². The van der Waals surface area contributed by atoms with E-state index in [1.165, 1.54) is 24.3 Å². The van der Waals surface area contributed by atoms with Crippen LogP contribution in [-0.2, 0) is 0 Å². The molecule has 1 heterocycles. The molecule has 2 rings (SSSR count). The van der Waals surface area contributed by atoms with Crippen molar-refractivity contribution in [1.29, 1.82) is 0 Å². The second-order valence-corrected chi connectivity index (χ2v) is 5.95. The minimum Gasteiger partial charge on any atom is -0.314 e. The average molecular weight is 291 g/mol. The largest absolute Gasteiger partial charge is 0.314 e. The van der Waals surface area contributed by atoms with Crippen molar-refractivity contribution < 1.29 is 9.72 Å². The van der Waals surface area contributed by atoms with Crippen LogP contribution < -0.4 is 5.32 Å². The molecule has 114 valence electrons. The number of nitro benzene ring substituents is 1. The Kier molecular flexibility index (Phi) is 4.69. The van der Waals surface area contributed by atoms with E-state index in [1.54, 1.807) is 0 Å². The van der Waals surface area contributed by atoms with Crippen LogP contribution in [0.3, 0.4) is 0 Å². The Morgan fingerprint density at radius 3 is 2.62 bits per heavy atom. The van der Waals surface area contributed by atoms with E-state index in [2.05, 4.69) is 24.1 Å². The lowest BCUT2D eigenvalue weighted by molar-refractivity contribution is -0.384. The Hall–Kier alpha value is -1.79. The van der Waals surface area contributed by atoms with Gasteiger partial charge in [-0.25, -0.2) is 0 Å². The van der Waals surface area contributed by atoms with E-state index in [4.69, 9.17) is 0 Å². The Labute approximate surface area is 124 Å². The molecule has 0 aromatic heterocycles. The lowest BCUT2D eigenvalue weighted by atomic mass is 9.99. The number of nitro groups is 1. The third-order valence-electron chi connectivity index (χ3n) is 3.98. The number of hydrogen-bond acceptors (Lipinski definition) is 5. The van der Waals surface area contributed by atoms with E-state index < -0.39 is 4.92 Å². The zero-order valence-corrected chi connectivity index (χ0v) is 12.5. The molecule has 1 aromatic carbocycles. The average Bonchev–Trinajstić information content (AvgIpc) is 2.45. The number of non-ortho nitro benzene ring substituents is 1. The maximum Gasteiger partial charge on any atom is 0.269 e. The molecule has 1 aromatic rings. The van der Waals surface area contributed by atoms with Crippen LogP contribution in [0.25, 0.3) is 0 Å². The standard InChI is InChI=1S/C15H21N3O3/c1-15(2)11-16-8-10-17(15)9-7-14(19)12-3-5-13(6-4-12)18(20)21/h3-6,16H,7-11H2,1-2H3. The normalized spacial score (nSPS) is 18.4. The molecule has 0 atom stereocenters. The van der Waals surface area contributed by atoms with Crippen LogP contribution in [0.4, 0.5) is 5.69 Å². The summed E-state index contributed by atoms with van der Waals surface area (Å²) in [7, 11) is 0. The third kappa shape index (κ3) is 3.86. The zero-order chi connectivity index (χ0) is 15.5. The second-order valence-electron chi connectivity index (χ2n) is 5.95. The molecule has 21 heavy (non-hydrogen) atoms. The summed E-state index contributed by atoms with van der Waals surface area (Å²) in [6.45, 7) is 7.82. The lowest BCUT2D eigenvalue weighted by Gasteiger charge is -2.42. The van der Waals surface area contributed by atoms with Crippen molar-refractivity contribution in [3.63, 3.8) is 0 Å². The smallest absolute Gasteiger partial charge is 0.269 e. The molecule has 1 N–H and O–H groups in total. The van der Waals surface area contributed by atoms with Crippen molar-refractivity contribution in [3.8, 4) is 0 Å². The third-order valence-corrected chi connectivity index (χ3v) is 3.98. The van der Waals surface area contributed by atoms with E-state index in [-0.39, 0.29) is 17.0 Å². The van der Waals surface area contributed by atoms with Crippen LogP contribution in [0, 0.1) is 10.1 Å². The predicted molar refractivity (Wildman–Crippen MR) is 80.6 cm³/mol. The molecule has 0 amide bonds. The number of nitrogens with one attached hydrogen (secondary N) is 1. The molecule has 1 aliphatic heterocycles. The minimum absolute atomic E-state index is 0.00906. The second kappa shape index (κ2) is 6.32. The fraction of sp³-hybridized carbons (Fsp3) is 0.533. The number of piperazine rings is 1. The molecule has 6 nitrogen and oxygen atoms in total. The van der Waals surface area contributed by atoms with Crippen LogP contribution in [-0.4, -0.2) is 47.3 Å². The van der Waals surface area contributed by atoms with Gasteiger partial charge >= 0.3 is 0 Å². The van der Waals surface area contributed by atoms with Crippen LogP contribution >= 0.6 is 0 Å². The topological polar surface area (TPSA) is 75.5 Å². The fourth-order valence-electron chi connectivity index (χ4n) is 2.59. The molecule has 0 bridgehead atoms. The van der Waals surface area contributed by atoms with Gasteiger partial charge in [0.2, 0.25) is 0 Å². The molecule has 6 heteroatoms. The molecule has 1 saturated heterocycles. The first-order chi connectivity index (χ1) is 9.90. The van der Waals surface area contributed by atoms with Crippen molar-refractivity contribution in [1.82, 2.24) is 10.2 Å². The maximum absolute atomic E-state index is 12.2. The number of rotatable bonds is 5. The quantitative estimate of drug-likeness (QED) is 0.509. The Morgan fingerprint density at radius 1 is 1.38 bits per heavy atom. The van der Waals surface area contributed by atoms with Gasteiger partial charge in [0, 0.05) is 55.8 Å². The van der Waals surface area contributed by atoms with Gasteiger partial charge in [0.05, 0.1) is 4.92 Å². The monoisotopic (exact) mass is 291 g/mol. The molecule has 1 fully saturated rings. The van der Waals surface area contributed by atoms with Crippen LogP contribution in [0.5, 0.6) is 0 Å². The molecule has 0 spiro atoms. The van der Waals surface area contributed by atoms with Crippen molar-refractivity contribution in [3.05, 3.63) is 39.9 Å². The van der Waals surface area contributed by atoms with E-state index >= 15 is 0 Å². The Balaban J connectivity index is 1.93. The van der Waals surface area contributed by atoms with Gasteiger partial charge in [0.1, 0.15) is 0 Å². The van der Waals surface area contributed by atoms with E-state index in [0.717, 1.165) is 19.6 Å². The minimum atomic E-state index is -0.461. The van der Waals surface area contributed by atoms with Gasteiger partial charge in [0.15, 0.2) is 5.78 Å². The van der Waals surface area contributed by atoms with E-state index in [9.17, 15) is 14.9 Å². The predicted octanol–water partition coefficient (Wildman–Crippen LogP) is 1.85. The van der Waals surface area contributed by atoms with E-state index in [1.807, 2.05) is 0 Å². The highest BCUT2D eigenvalue weighted by atomic mass is 16.6. The SMILES string of the molecule is CC1(C)CNCCN1CCC(=O)c1ccc([N+](=O)[O-])cc1. The van der Waals surface area contributed by atoms with Gasteiger partial charge in [-0.1, -0.05) is 0 Å². The van der Waals surface area contributed by atoms with Gasteiger partial charge in [-0.3, -0.25) is 19.8 Å². The number of hydrogen-bond donors (Lipinski definition) is 1. The number of Topliss-reactive ketones (excluding diaryl/α,β-unsaturated/α-hetero) is 1. The van der Waals surface area contributed by atoms with Gasteiger partial charge in [0.25, 0.3) is 5.69 Å². The highest BCUT2D eigenvalue weighted by molar-refractivity contribution is 5.96. The summed E-state index contributed by atoms with van der Waals surface area (Å²) in [5.41, 5.74) is 0.594. The van der Waals surface area contributed by atoms with Crippen molar-refractivity contribution in [2.24, 2.45) is 0 Å². The summed E-state index contributed by atoms with van der Waals surface area (Å²) >= 11 is 0. The summed E-state index contributed by atoms with van der Waals surface area (Å²) < 4.78 is 0. The highest BCUT2D eigenvalue weighted by Gasteiger charge is 2.29. The maximum atomic E-state index is 12.2. The number of nitrogens with zero attached hydrogens (tertiary/aromatic N) is 2. The first kappa shape index (κ1) is 15.6. The molecule has 0 saturated carbocycles. The van der Waals surface area contributed by atoms with Crippen LogP contribution in [0.15, 0.2) is 24.3 Å². The zero-order valence-electron chi connectivity index (χ0n) is 12.5. The molecule has 0 aliphatic carbocycles. The number of carbonyl (C=O) groups is 1. The molecule has 0 radical (unpaired) electrons. The van der Waals surface area contributed by atoms with Gasteiger partial charge in [-0.15, -0.1) is 0 Å². The Bertz CT molecular complexity index is 525. The summed E-state index contributed by atoms with van der Waals surface area (Å²) in [6, 6.07) is 5.82. The van der Waals surface area contributed by atoms with Gasteiger partial charge < -0.3 is 5.32 Å². The first-order valence-corrected chi connectivity index (χ1v) is 7.13. The molecular formula is C15H21N3O3. The van der Waals surface area contributed by atoms with Crippen molar-refractivity contribution >= 4 is 11.5 Å². The molecule has 0 unspecified atom stereocenters. The molecule has 1 aliphatic rings. The fourth-order valence-corrected chi connectivity index (χ4v) is 2.59. The number of carbonyl (C=O) groups excluding carboxylic acids is 1. The highest BCUT2D eigenvalue weighted by Crippen LogP contribution is 2.18. The first-order valence-electron chi connectivity index (χ1n) is 7.13. The molecular weight excluding hydrogens is 270 g/mol. The lowest BCUT2D eigenvalue weighted by Crippen LogP contribution is -2.58. The van der Waals surface area contributed by atoms with E-state index in [0.29, 0.717) is 18.5 Å². The summed E-state index contributed by atoms with van der Waals surface area (Å²) in [5, 5.41) is 13.9. The number of benzene rings is 1. The summed E-state index contributed by atoms with van der Waals surface area (Å²) in [6.07, 6.45) is 0.432. The number of ketones is 1. The van der Waals surface area contributed by atoms with Crippen molar-refractivity contribution in [2.75, 3.05) is 26.2 Å². The summed E-state index contributed by atoms with van der Waals surface area (Å²) in [4.78, 5) is 24.6. The summed E-state index contributed by atoms with van der Waals surface area (Å²) in [5.74, 6) is 0.0271. The van der Waals surface area contributed by atoms with Gasteiger partial charge in [-0.2, -0.15) is 0 Å². The van der Waals surface area contributed by atoms with Crippen LogP contribution in [0.2, 0.25) is 0 Å². The van der Waals surface area contributed by atoms with Gasteiger partial charge in [-0.05, 0) is 26.0 Å². The Morgan fingerprint density at radius 2 is 2.05 bits per heavy atom.